The Hall–Kier alpha value is -4.10. The smallest absolute Gasteiger partial charge is 0.131 e. The molecule has 6 rings (SSSR count). The standard InChI is InChI=1S/C31H22O/c32-31-28(21-11-3-1-4-12-21)19-23(20-29(31)22-13-5-2-6-14-22)30-26-17-9-7-15-24(26)25-16-8-10-18-27(25)30/h1-20,30,32H. The molecule has 0 atom stereocenters. The van der Waals surface area contributed by atoms with Gasteiger partial charge in [0.15, 0.2) is 0 Å². The van der Waals surface area contributed by atoms with Gasteiger partial charge in [-0.1, -0.05) is 109 Å². The molecule has 32 heavy (non-hydrogen) atoms. The molecular weight excluding hydrogens is 388 g/mol. The first kappa shape index (κ1) is 18.7. The van der Waals surface area contributed by atoms with Crippen molar-refractivity contribution in [3.63, 3.8) is 0 Å². The summed E-state index contributed by atoms with van der Waals surface area (Å²) < 4.78 is 0. The summed E-state index contributed by atoms with van der Waals surface area (Å²) in [4.78, 5) is 0. The maximum Gasteiger partial charge on any atom is 0.131 e. The van der Waals surface area contributed by atoms with Gasteiger partial charge in [0.05, 0.1) is 0 Å². The van der Waals surface area contributed by atoms with Crippen molar-refractivity contribution in [1.29, 1.82) is 0 Å². The van der Waals surface area contributed by atoms with Crippen LogP contribution in [0.1, 0.15) is 22.6 Å². The van der Waals surface area contributed by atoms with E-state index in [1.165, 1.54) is 27.8 Å². The zero-order chi connectivity index (χ0) is 21.5. The summed E-state index contributed by atoms with van der Waals surface area (Å²) in [5.74, 6) is 0.457. The van der Waals surface area contributed by atoms with Gasteiger partial charge in [-0.05, 0) is 51.1 Å². The predicted octanol–water partition coefficient (Wildman–Crippen LogP) is 7.89. The lowest BCUT2D eigenvalue weighted by Crippen LogP contribution is -2.01. The van der Waals surface area contributed by atoms with Gasteiger partial charge in [0.2, 0.25) is 0 Å². The molecule has 5 aromatic rings. The van der Waals surface area contributed by atoms with Gasteiger partial charge in [-0.2, -0.15) is 0 Å². The van der Waals surface area contributed by atoms with E-state index in [9.17, 15) is 5.11 Å². The maximum absolute atomic E-state index is 11.4. The zero-order valence-electron chi connectivity index (χ0n) is 17.6. The van der Waals surface area contributed by atoms with Crippen molar-refractivity contribution in [3.05, 3.63) is 138 Å². The molecule has 1 N–H and O–H groups in total. The van der Waals surface area contributed by atoms with E-state index in [1.54, 1.807) is 0 Å². The van der Waals surface area contributed by atoms with Crippen LogP contribution in [0.3, 0.4) is 0 Å². The predicted molar refractivity (Wildman–Crippen MR) is 132 cm³/mol. The summed E-state index contributed by atoms with van der Waals surface area (Å²) in [6.45, 7) is 0. The van der Waals surface area contributed by atoms with Crippen molar-refractivity contribution in [2.45, 2.75) is 5.92 Å². The fraction of sp³-hybridized carbons (Fsp3) is 0.0323. The Kier molecular flexibility index (Phi) is 4.40. The normalized spacial score (nSPS) is 12.4. The molecule has 1 heteroatoms. The van der Waals surface area contributed by atoms with E-state index < -0.39 is 0 Å². The molecule has 0 unspecified atom stereocenters. The van der Waals surface area contributed by atoms with Gasteiger partial charge >= 0.3 is 0 Å². The number of hydrogen-bond acceptors (Lipinski definition) is 1. The molecule has 0 aromatic heterocycles. The molecule has 5 aromatic carbocycles. The average Bonchev–Trinajstić information content (AvgIpc) is 3.20. The Morgan fingerprint density at radius 2 is 0.844 bits per heavy atom. The summed E-state index contributed by atoms with van der Waals surface area (Å²) in [6.07, 6.45) is 0. The molecule has 0 fully saturated rings. The first-order chi connectivity index (χ1) is 15.8. The van der Waals surface area contributed by atoms with Crippen LogP contribution in [0.15, 0.2) is 121 Å². The molecule has 0 bridgehead atoms. The minimum Gasteiger partial charge on any atom is -0.507 e. The largest absolute Gasteiger partial charge is 0.507 e. The van der Waals surface area contributed by atoms with Gasteiger partial charge in [0, 0.05) is 17.0 Å². The average molecular weight is 411 g/mol. The highest BCUT2D eigenvalue weighted by molar-refractivity contribution is 5.86. The third-order valence-electron chi connectivity index (χ3n) is 6.47. The summed E-state index contributed by atoms with van der Waals surface area (Å²) in [7, 11) is 0. The Labute approximate surface area is 188 Å². The van der Waals surface area contributed by atoms with Crippen LogP contribution in [0.25, 0.3) is 33.4 Å². The summed E-state index contributed by atoms with van der Waals surface area (Å²) in [6, 6.07) is 42.0. The van der Waals surface area contributed by atoms with Gasteiger partial charge in [-0.15, -0.1) is 0 Å². The van der Waals surface area contributed by atoms with Crippen molar-refractivity contribution >= 4 is 0 Å². The van der Waals surface area contributed by atoms with Gasteiger partial charge < -0.3 is 5.11 Å². The van der Waals surface area contributed by atoms with E-state index in [-0.39, 0.29) is 5.92 Å². The fourth-order valence-electron chi connectivity index (χ4n) is 5.01. The number of phenolic OH excluding ortho intramolecular Hbond substituents is 1. The molecule has 0 heterocycles. The number of aromatic hydroxyl groups is 1. The van der Waals surface area contributed by atoms with Gasteiger partial charge in [0.1, 0.15) is 5.75 Å². The highest BCUT2D eigenvalue weighted by atomic mass is 16.3. The minimum atomic E-state index is 0.132. The first-order valence-electron chi connectivity index (χ1n) is 11.0. The topological polar surface area (TPSA) is 20.2 Å². The second-order valence-electron chi connectivity index (χ2n) is 8.30. The second-order valence-corrected chi connectivity index (χ2v) is 8.30. The molecule has 0 aliphatic heterocycles. The van der Waals surface area contributed by atoms with Crippen LogP contribution in [0.2, 0.25) is 0 Å². The lowest BCUT2D eigenvalue weighted by molar-refractivity contribution is 0.479. The van der Waals surface area contributed by atoms with Crippen molar-refractivity contribution in [1.82, 2.24) is 0 Å². The lowest BCUT2D eigenvalue weighted by atomic mass is 9.85. The first-order valence-corrected chi connectivity index (χ1v) is 11.0. The van der Waals surface area contributed by atoms with Crippen molar-refractivity contribution in [2.24, 2.45) is 0 Å². The van der Waals surface area contributed by atoms with Crippen LogP contribution < -0.4 is 0 Å². The number of hydrogen-bond donors (Lipinski definition) is 1. The highest BCUT2D eigenvalue weighted by Crippen LogP contribution is 2.50. The molecule has 0 spiro atoms. The number of benzene rings is 5. The molecule has 0 radical (unpaired) electrons. The van der Waals surface area contributed by atoms with Crippen molar-refractivity contribution < 1.29 is 5.11 Å². The van der Waals surface area contributed by atoms with E-state index >= 15 is 0 Å². The minimum absolute atomic E-state index is 0.132. The summed E-state index contributed by atoms with van der Waals surface area (Å²) in [5, 5.41) is 11.4. The molecule has 1 nitrogen and oxygen atoms in total. The van der Waals surface area contributed by atoms with Crippen molar-refractivity contribution in [2.75, 3.05) is 0 Å². The Morgan fingerprint density at radius 1 is 0.438 bits per heavy atom. The maximum atomic E-state index is 11.4. The third kappa shape index (κ3) is 2.94. The van der Waals surface area contributed by atoms with Gasteiger partial charge in [-0.3, -0.25) is 0 Å². The Morgan fingerprint density at radius 3 is 1.31 bits per heavy atom. The molecule has 1 aliphatic rings. The number of phenols is 1. The number of rotatable bonds is 3. The Balaban J connectivity index is 1.64. The lowest BCUT2D eigenvalue weighted by Gasteiger charge is -2.19. The summed E-state index contributed by atoms with van der Waals surface area (Å²) >= 11 is 0. The molecule has 0 saturated heterocycles. The second kappa shape index (κ2) is 7.55. The van der Waals surface area contributed by atoms with E-state index in [0.29, 0.717) is 5.75 Å². The highest BCUT2D eigenvalue weighted by Gasteiger charge is 2.30. The molecular formula is C31H22O. The van der Waals surface area contributed by atoms with Gasteiger partial charge in [0.25, 0.3) is 0 Å². The number of fused-ring (bicyclic) bond motifs is 3. The van der Waals surface area contributed by atoms with Gasteiger partial charge in [-0.25, -0.2) is 0 Å². The molecule has 0 amide bonds. The van der Waals surface area contributed by atoms with Crippen LogP contribution >= 0.6 is 0 Å². The molecule has 152 valence electrons. The Bertz CT molecular complexity index is 1310. The quantitative estimate of drug-likeness (QED) is 0.314. The van der Waals surface area contributed by atoms with Crippen LogP contribution in [-0.2, 0) is 0 Å². The van der Waals surface area contributed by atoms with Crippen LogP contribution in [-0.4, -0.2) is 5.11 Å². The van der Waals surface area contributed by atoms with Crippen molar-refractivity contribution in [3.8, 4) is 39.1 Å². The van der Waals surface area contributed by atoms with E-state index in [0.717, 1.165) is 22.3 Å². The van der Waals surface area contributed by atoms with E-state index in [2.05, 4.69) is 84.9 Å². The third-order valence-corrected chi connectivity index (χ3v) is 6.47. The SMILES string of the molecule is Oc1c(-c2ccccc2)cc(C2c3ccccc3-c3ccccc32)cc1-c1ccccc1. The summed E-state index contributed by atoms with van der Waals surface area (Å²) in [5.41, 5.74) is 10.2. The van der Waals surface area contributed by atoms with E-state index in [4.69, 9.17) is 0 Å². The van der Waals surface area contributed by atoms with E-state index in [1.807, 2.05) is 36.4 Å². The van der Waals surface area contributed by atoms with Crippen LogP contribution in [0, 0.1) is 0 Å². The van der Waals surface area contributed by atoms with Crippen LogP contribution in [0.4, 0.5) is 0 Å². The molecule has 0 saturated carbocycles. The zero-order valence-corrected chi connectivity index (χ0v) is 17.6. The monoisotopic (exact) mass is 410 g/mol. The molecule has 1 aliphatic carbocycles. The van der Waals surface area contributed by atoms with Crippen LogP contribution in [0.5, 0.6) is 5.75 Å². The fourth-order valence-corrected chi connectivity index (χ4v) is 5.01.